The molecule has 0 aliphatic heterocycles. The fraction of sp³-hybridized carbons (Fsp3) is 0.231. The molecule has 84 valence electrons. The van der Waals surface area contributed by atoms with Gasteiger partial charge in [-0.3, -0.25) is 0 Å². The third-order valence-corrected chi connectivity index (χ3v) is 2.53. The molecule has 0 saturated carbocycles. The van der Waals surface area contributed by atoms with Crippen molar-refractivity contribution in [3.8, 4) is 5.75 Å². The summed E-state index contributed by atoms with van der Waals surface area (Å²) in [6.07, 6.45) is 0. The lowest BCUT2D eigenvalue weighted by molar-refractivity contribution is -0.0492. The van der Waals surface area contributed by atoms with E-state index in [2.05, 4.69) is 4.74 Å². The lowest BCUT2D eigenvalue weighted by Crippen LogP contribution is -2.03. The maximum atomic E-state index is 12.3. The standard InChI is InChI=1S/C13H12F2O/c1-8-3-6-11-10(7-8)5-4-9(2)12(11)16-13(14)15/h3-7,13H,1-2H3. The van der Waals surface area contributed by atoms with Crippen molar-refractivity contribution in [3.63, 3.8) is 0 Å². The van der Waals surface area contributed by atoms with Crippen molar-refractivity contribution in [1.29, 1.82) is 0 Å². The Morgan fingerprint density at radius 1 is 1.06 bits per heavy atom. The normalized spacial score (nSPS) is 11.1. The second-order valence-corrected chi connectivity index (χ2v) is 3.81. The van der Waals surface area contributed by atoms with E-state index in [1.807, 2.05) is 31.2 Å². The summed E-state index contributed by atoms with van der Waals surface area (Å²) in [5.41, 5.74) is 1.82. The molecular formula is C13H12F2O. The number of aryl methyl sites for hydroxylation is 2. The van der Waals surface area contributed by atoms with Gasteiger partial charge < -0.3 is 4.74 Å². The molecule has 0 N–H and O–H groups in total. The Labute approximate surface area is 92.7 Å². The van der Waals surface area contributed by atoms with Crippen molar-refractivity contribution in [3.05, 3.63) is 41.5 Å². The molecule has 2 rings (SSSR count). The topological polar surface area (TPSA) is 9.23 Å². The molecule has 0 amide bonds. The Morgan fingerprint density at radius 3 is 2.50 bits per heavy atom. The summed E-state index contributed by atoms with van der Waals surface area (Å²) in [6, 6.07) is 9.36. The van der Waals surface area contributed by atoms with Gasteiger partial charge in [-0.05, 0) is 24.8 Å². The summed E-state index contributed by atoms with van der Waals surface area (Å²) < 4.78 is 29.1. The van der Waals surface area contributed by atoms with E-state index in [4.69, 9.17) is 0 Å². The highest BCUT2D eigenvalue weighted by Crippen LogP contribution is 2.31. The Morgan fingerprint density at radius 2 is 1.81 bits per heavy atom. The third kappa shape index (κ3) is 1.98. The second kappa shape index (κ2) is 4.08. The van der Waals surface area contributed by atoms with Crippen LogP contribution in [0.3, 0.4) is 0 Å². The summed E-state index contributed by atoms with van der Waals surface area (Å²) in [5, 5.41) is 1.65. The molecule has 0 heterocycles. The predicted octanol–water partition coefficient (Wildman–Crippen LogP) is 4.06. The van der Waals surface area contributed by atoms with Crippen LogP contribution in [0.5, 0.6) is 5.75 Å². The molecule has 0 radical (unpaired) electrons. The van der Waals surface area contributed by atoms with Crippen molar-refractivity contribution >= 4 is 10.8 Å². The van der Waals surface area contributed by atoms with Gasteiger partial charge in [-0.1, -0.05) is 35.9 Å². The molecule has 0 unspecified atom stereocenters. The van der Waals surface area contributed by atoms with Crippen molar-refractivity contribution in [1.82, 2.24) is 0 Å². The number of benzene rings is 2. The molecular weight excluding hydrogens is 210 g/mol. The molecule has 0 bridgehead atoms. The van der Waals surface area contributed by atoms with E-state index in [9.17, 15) is 8.78 Å². The van der Waals surface area contributed by atoms with E-state index in [1.54, 1.807) is 13.0 Å². The van der Waals surface area contributed by atoms with Crippen LogP contribution in [0, 0.1) is 13.8 Å². The Hall–Kier alpha value is -1.64. The molecule has 16 heavy (non-hydrogen) atoms. The minimum atomic E-state index is -2.79. The second-order valence-electron chi connectivity index (χ2n) is 3.81. The first-order valence-electron chi connectivity index (χ1n) is 5.02. The zero-order valence-electron chi connectivity index (χ0n) is 9.13. The van der Waals surface area contributed by atoms with Gasteiger partial charge in [0.15, 0.2) is 0 Å². The highest BCUT2D eigenvalue weighted by atomic mass is 19.3. The highest BCUT2D eigenvalue weighted by Gasteiger charge is 2.11. The quantitative estimate of drug-likeness (QED) is 0.744. The predicted molar refractivity (Wildman–Crippen MR) is 60.1 cm³/mol. The smallest absolute Gasteiger partial charge is 0.387 e. The van der Waals surface area contributed by atoms with Crippen LogP contribution in [0.1, 0.15) is 11.1 Å². The highest BCUT2D eigenvalue weighted by molar-refractivity contribution is 5.90. The molecule has 0 aromatic heterocycles. The number of hydrogen-bond acceptors (Lipinski definition) is 1. The van der Waals surface area contributed by atoms with E-state index < -0.39 is 6.61 Å². The van der Waals surface area contributed by atoms with Gasteiger partial charge in [0.05, 0.1) is 0 Å². The first-order valence-corrected chi connectivity index (χ1v) is 5.02. The lowest BCUT2D eigenvalue weighted by atomic mass is 10.0. The van der Waals surface area contributed by atoms with Gasteiger partial charge in [0.2, 0.25) is 0 Å². The fourth-order valence-corrected chi connectivity index (χ4v) is 1.78. The van der Waals surface area contributed by atoms with Crippen LogP contribution >= 0.6 is 0 Å². The van der Waals surface area contributed by atoms with Gasteiger partial charge in [-0.15, -0.1) is 0 Å². The van der Waals surface area contributed by atoms with Crippen LogP contribution in [0.15, 0.2) is 30.3 Å². The maximum Gasteiger partial charge on any atom is 0.387 e. The van der Waals surface area contributed by atoms with E-state index >= 15 is 0 Å². The number of rotatable bonds is 2. The summed E-state index contributed by atoms with van der Waals surface area (Å²) >= 11 is 0. The number of alkyl halides is 2. The van der Waals surface area contributed by atoms with Gasteiger partial charge in [0, 0.05) is 5.39 Å². The lowest BCUT2D eigenvalue weighted by Gasteiger charge is -2.11. The molecule has 3 heteroatoms. The average Bonchev–Trinajstić information content (AvgIpc) is 2.22. The number of ether oxygens (including phenoxy) is 1. The SMILES string of the molecule is Cc1ccc2c(OC(F)F)c(C)ccc2c1. The van der Waals surface area contributed by atoms with E-state index in [0.717, 1.165) is 21.9 Å². The van der Waals surface area contributed by atoms with Crippen molar-refractivity contribution in [2.24, 2.45) is 0 Å². The summed E-state index contributed by atoms with van der Waals surface area (Å²) in [6.45, 7) is 0.940. The van der Waals surface area contributed by atoms with Crippen LogP contribution in [-0.4, -0.2) is 6.61 Å². The minimum Gasteiger partial charge on any atom is -0.434 e. The summed E-state index contributed by atoms with van der Waals surface area (Å²) in [5.74, 6) is 0.271. The van der Waals surface area contributed by atoms with Crippen LogP contribution in [0.25, 0.3) is 10.8 Å². The Kier molecular flexibility index (Phi) is 2.77. The fourth-order valence-electron chi connectivity index (χ4n) is 1.78. The number of fused-ring (bicyclic) bond motifs is 1. The van der Waals surface area contributed by atoms with Gasteiger partial charge >= 0.3 is 6.61 Å². The van der Waals surface area contributed by atoms with E-state index in [0.29, 0.717) is 0 Å². The van der Waals surface area contributed by atoms with Crippen molar-refractivity contribution in [2.75, 3.05) is 0 Å². The molecule has 2 aromatic carbocycles. The number of hydrogen-bond donors (Lipinski definition) is 0. The van der Waals surface area contributed by atoms with Crippen LogP contribution in [-0.2, 0) is 0 Å². The van der Waals surface area contributed by atoms with Crippen LogP contribution < -0.4 is 4.74 Å². The Balaban J connectivity index is 2.64. The average molecular weight is 222 g/mol. The van der Waals surface area contributed by atoms with Gasteiger partial charge in [-0.2, -0.15) is 8.78 Å². The molecule has 1 nitrogen and oxygen atoms in total. The molecule has 0 saturated heterocycles. The zero-order valence-corrected chi connectivity index (χ0v) is 9.13. The minimum absolute atomic E-state index is 0.271. The number of halogens is 2. The van der Waals surface area contributed by atoms with Gasteiger partial charge in [-0.25, -0.2) is 0 Å². The molecule has 0 atom stereocenters. The molecule has 0 aliphatic rings. The first-order chi connectivity index (χ1) is 7.58. The largest absolute Gasteiger partial charge is 0.434 e. The molecule has 2 aromatic rings. The molecule has 0 spiro atoms. The monoisotopic (exact) mass is 222 g/mol. The van der Waals surface area contributed by atoms with E-state index in [1.165, 1.54) is 0 Å². The van der Waals surface area contributed by atoms with E-state index in [-0.39, 0.29) is 5.75 Å². The Bertz CT molecular complexity index is 521. The molecule has 0 aliphatic carbocycles. The summed E-state index contributed by atoms with van der Waals surface area (Å²) in [7, 11) is 0. The van der Waals surface area contributed by atoms with Crippen molar-refractivity contribution < 1.29 is 13.5 Å². The van der Waals surface area contributed by atoms with Gasteiger partial charge in [0.1, 0.15) is 5.75 Å². The zero-order chi connectivity index (χ0) is 11.7. The third-order valence-electron chi connectivity index (χ3n) is 2.53. The summed E-state index contributed by atoms with van der Waals surface area (Å²) in [4.78, 5) is 0. The van der Waals surface area contributed by atoms with Crippen LogP contribution in [0.2, 0.25) is 0 Å². The first kappa shape index (κ1) is 10.9. The maximum absolute atomic E-state index is 12.3. The van der Waals surface area contributed by atoms with Crippen molar-refractivity contribution in [2.45, 2.75) is 20.5 Å². The van der Waals surface area contributed by atoms with Gasteiger partial charge in [0.25, 0.3) is 0 Å². The molecule has 0 fully saturated rings. The van der Waals surface area contributed by atoms with Crippen LogP contribution in [0.4, 0.5) is 8.78 Å².